The van der Waals surface area contributed by atoms with E-state index >= 15 is 0 Å². The van der Waals surface area contributed by atoms with Crippen LogP contribution in [0.2, 0.25) is 6.04 Å². The Morgan fingerprint density at radius 1 is 0.265 bits per heavy atom. The minimum Gasteiger partial charge on any atom is -0.200 e. The number of rotatable bonds is 15. The van der Waals surface area contributed by atoms with Gasteiger partial charge in [0, 0.05) is 6.42 Å². The van der Waals surface area contributed by atoms with Gasteiger partial charge in [-0.05, 0) is 6.04 Å². The summed E-state index contributed by atoms with van der Waals surface area (Å²) in [7, 11) is 0. The molecule has 0 aliphatic carbocycles. The molecule has 0 atom stereocenters. The molecule has 0 spiro atoms. The van der Waals surface area contributed by atoms with Crippen molar-refractivity contribution in [3.8, 4) is 0 Å². The normalized spacial score (nSPS) is 17.1. The van der Waals surface area contributed by atoms with Crippen molar-refractivity contribution < 1.29 is 127 Å². The van der Waals surface area contributed by atoms with E-state index in [1.165, 1.54) is 0 Å². The third-order valence-electron chi connectivity index (χ3n) is 5.88. The number of alkyl halides is 29. The molecule has 33 heteroatoms. The van der Waals surface area contributed by atoms with Crippen molar-refractivity contribution in [3.05, 3.63) is 0 Å². The second-order valence-corrected chi connectivity index (χ2v) is 18.5. The van der Waals surface area contributed by atoms with Gasteiger partial charge in [0.25, 0.3) is 0 Å². The lowest BCUT2D eigenvalue weighted by Gasteiger charge is -2.46. The van der Waals surface area contributed by atoms with Crippen molar-refractivity contribution in [2.24, 2.45) is 0 Å². The summed E-state index contributed by atoms with van der Waals surface area (Å²) in [5, 5.41) is 0. The van der Waals surface area contributed by atoms with Crippen molar-refractivity contribution in [2.75, 3.05) is 0 Å². The van der Waals surface area contributed by atoms with E-state index in [-0.39, 0.29) is 0 Å². The predicted molar refractivity (Wildman–Crippen MR) is 103 cm³/mol. The van der Waals surface area contributed by atoms with Gasteiger partial charge in [-0.15, -0.1) is 33.2 Å². The first-order valence-corrected chi connectivity index (χ1v) is 15.7. The predicted octanol–water partition coefficient (Wildman–Crippen LogP) is 11.9. The van der Waals surface area contributed by atoms with Gasteiger partial charge in [-0.3, -0.25) is 0 Å². The first kappa shape index (κ1) is 48.1. The molecule has 0 unspecified atom stereocenters. The van der Waals surface area contributed by atoms with Crippen LogP contribution in [0, 0.1) is 0 Å². The fourth-order valence-electron chi connectivity index (χ4n) is 2.84. The number of hydrogen-bond acceptors (Lipinski definition) is 0. The highest BCUT2D eigenvalue weighted by atomic mass is 35.8. The van der Waals surface area contributed by atoms with E-state index < -0.39 is 102 Å². The van der Waals surface area contributed by atoms with E-state index in [1.807, 2.05) is 0 Å². The van der Waals surface area contributed by atoms with Crippen LogP contribution in [0.3, 0.4) is 0 Å². The lowest BCUT2D eigenvalue weighted by molar-refractivity contribution is -0.487. The fraction of sp³-hybridized carbons (Fsp3) is 1.00. The first-order valence-electron chi connectivity index (χ1n) is 10.5. The van der Waals surface area contributed by atoms with Crippen LogP contribution in [0.25, 0.3) is 0 Å². The topological polar surface area (TPSA) is 0 Å². The molecule has 0 aromatic heterocycles. The van der Waals surface area contributed by atoms with Crippen molar-refractivity contribution in [2.45, 2.75) is 95.6 Å². The summed E-state index contributed by atoms with van der Waals surface area (Å²) in [6.45, 7) is 0. The minimum absolute atomic E-state index is 2.05. The Morgan fingerprint density at radius 3 is 0.592 bits per heavy atom. The van der Waals surface area contributed by atoms with Crippen LogP contribution in [0.15, 0.2) is 0 Å². The standard InChI is InChI=1S/C16H4Cl3F29Si/c17-49(18,19)2-1-3(20,21)4(22,23)5(24,25)6(26,27)7(28,29)8(30,31)9(32,33)10(34,35)11(36,37)12(38,39)13(40,41)14(42,43)15(44,45)16(46,47)48/h1-2H2. The Bertz CT molecular complexity index is 1190. The van der Waals surface area contributed by atoms with Gasteiger partial charge in [0.1, 0.15) is 0 Å². The lowest BCUT2D eigenvalue weighted by atomic mass is 9.83. The Balaban J connectivity index is 7.48. The maximum absolute atomic E-state index is 13.8. The zero-order chi connectivity index (χ0) is 40.9. The summed E-state index contributed by atoms with van der Waals surface area (Å²) < 4.78 is 390. The molecule has 0 N–H and O–H groups in total. The number of halogens is 32. The SMILES string of the molecule is FC(F)(F)C(F)(F)C(F)(F)C(F)(F)C(F)(F)C(F)(F)C(F)(F)C(F)(F)C(F)(F)C(F)(F)C(F)(F)C(F)(F)C(F)(F)C(F)(F)CC[Si](Cl)(Cl)Cl. The number of hydrogen-bond donors (Lipinski definition) is 0. The van der Waals surface area contributed by atoms with Gasteiger partial charge in [0.15, 0.2) is 0 Å². The minimum atomic E-state index is -9.95. The Kier molecular flexibility index (Phi) is 11.8. The summed E-state index contributed by atoms with van der Waals surface area (Å²) >= 11 is 14.6. The molecule has 0 rings (SSSR count). The van der Waals surface area contributed by atoms with Gasteiger partial charge in [-0.25, -0.2) is 0 Å². The molecule has 0 saturated heterocycles. The molecule has 0 fully saturated rings. The van der Waals surface area contributed by atoms with E-state index in [1.54, 1.807) is 0 Å². The molecule has 0 aliphatic heterocycles. The molecule has 0 bridgehead atoms. The van der Waals surface area contributed by atoms with Gasteiger partial charge in [-0.1, -0.05) is 0 Å². The zero-order valence-corrected chi connectivity index (χ0v) is 24.3. The molecule has 0 aliphatic rings. The molecule has 0 heterocycles. The molecule has 0 amide bonds. The molecule has 49 heavy (non-hydrogen) atoms. The first-order chi connectivity index (χ1) is 20.5. The Hall–Kier alpha value is -0.943. The highest BCUT2D eigenvalue weighted by Crippen LogP contribution is 2.69. The molecule has 296 valence electrons. The molecule has 0 aromatic rings. The highest BCUT2D eigenvalue weighted by Gasteiger charge is 3.00. The van der Waals surface area contributed by atoms with Crippen LogP contribution in [0.1, 0.15) is 6.42 Å². The zero-order valence-electron chi connectivity index (χ0n) is 21.0. The van der Waals surface area contributed by atoms with Gasteiger partial charge >= 0.3 is 89.2 Å². The van der Waals surface area contributed by atoms with Gasteiger partial charge in [0.05, 0.1) is 0 Å². The molecular formula is C16H4Cl3F29Si. The average Bonchev–Trinajstić information content (AvgIpc) is 2.84. The summed E-state index contributed by atoms with van der Waals surface area (Å²) in [4.78, 5) is 0. The van der Waals surface area contributed by atoms with E-state index in [0.717, 1.165) is 0 Å². The van der Waals surface area contributed by atoms with E-state index in [0.29, 0.717) is 0 Å². The summed E-state index contributed by atoms with van der Waals surface area (Å²) in [6, 6.07) is -6.81. The van der Waals surface area contributed by atoms with E-state index in [4.69, 9.17) is 33.2 Å². The van der Waals surface area contributed by atoms with Gasteiger partial charge in [-0.2, -0.15) is 127 Å². The van der Waals surface area contributed by atoms with Gasteiger partial charge in [0.2, 0.25) is 0 Å². The van der Waals surface area contributed by atoms with Crippen LogP contribution in [0.5, 0.6) is 0 Å². The largest absolute Gasteiger partial charge is 0.460 e. The van der Waals surface area contributed by atoms with E-state index in [9.17, 15) is 127 Å². The Labute approximate surface area is 262 Å². The second kappa shape index (κ2) is 12.0. The molecule has 0 radical (unpaired) electrons. The van der Waals surface area contributed by atoms with Crippen molar-refractivity contribution >= 4 is 39.2 Å². The molecule has 0 nitrogen and oxygen atoms in total. The van der Waals surface area contributed by atoms with Crippen LogP contribution in [0.4, 0.5) is 127 Å². The van der Waals surface area contributed by atoms with Crippen molar-refractivity contribution in [3.63, 3.8) is 0 Å². The summed E-state index contributed by atoms with van der Waals surface area (Å²) in [5.41, 5.74) is 0. The average molecular weight is 882 g/mol. The van der Waals surface area contributed by atoms with Crippen LogP contribution >= 0.6 is 33.2 Å². The van der Waals surface area contributed by atoms with Crippen LogP contribution in [-0.4, -0.2) is 89.2 Å². The van der Waals surface area contributed by atoms with Crippen molar-refractivity contribution in [1.82, 2.24) is 0 Å². The second-order valence-electron chi connectivity index (χ2n) is 9.21. The van der Waals surface area contributed by atoms with Crippen LogP contribution < -0.4 is 0 Å². The Morgan fingerprint density at radius 2 is 0.429 bits per heavy atom. The lowest BCUT2D eigenvalue weighted by Crippen LogP contribution is -2.79. The van der Waals surface area contributed by atoms with Gasteiger partial charge < -0.3 is 0 Å². The third kappa shape index (κ3) is 6.31. The third-order valence-corrected chi connectivity index (χ3v) is 8.39. The summed E-state index contributed by atoms with van der Waals surface area (Å²) in [5.74, 6) is -121. The maximum atomic E-state index is 13.8. The van der Waals surface area contributed by atoms with Crippen LogP contribution in [-0.2, 0) is 0 Å². The van der Waals surface area contributed by atoms with Crippen molar-refractivity contribution in [1.29, 1.82) is 0 Å². The molecule has 0 saturated carbocycles. The monoisotopic (exact) mass is 880 g/mol. The molecule has 0 aromatic carbocycles. The molecular weight excluding hydrogens is 878 g/mol. The van der Waals surface area contributed by atoms with E-state index in [2.05, 4.69) is 0 Å². The summed E-state index contributed by atoms with van der Waals surface area (Å²) in [6.07, 6.45) is -11.4. The highest BCUT2D eigenvalue weighted by molar-refractivity contribution is 7.64. The fourth-order valence-corrected chi connectivity index (χ4v) is 4.28. The smallest absolute Gasteiger partial charge is 0.200 e. The quantitative estimate of drug-likeness (QED) is 0.0873. The maximum Gasteiger partial charge on any atom is 0.460 e.